The number of nitriles is 1. The third-order valence-corrected chi connectivity index (χ3v) is 3.42. The zero-order valence-electron chi connectivity index (χ0n) is 10.1. The lowest BCUT2D eigenvalue weighted by Crippen LogP contribution is -2.28. The molecule has 0 unspecified atom stereocenters. The van der Waals surface area contributed by atoms with Gasteiger partial charge in [0.1, 0.15) is 0 Å². The van der Waals surface area contributed by atoms with Crippen molar-refractivity contribution in [2.24, 2.45) is 0 Å². The van der Waals surface area contributed by atoms with Crippen molar-refractivity contribution >= 4 is 5.69 Å². The second-order valence-corrected chi connectivity index (χ2v) is 4.79. The fourth-order valence-electron chi connectivity index (χ4n) is 2.29. The molecule has 0 aromatic heterocycles. The van der Waals surface area contributed by atoms with Crippen molar-refractivity contribution in [3.8, 4) is 6.07 Å². The molecule has 1 aromatic rings. The van der Waals surface area contributed by atoms with Crippen LogP contribution in [0.5, 0.6) is 0 Å². The normalized spacial score (nSPS) is 24.1. The van der Waals surface area contributed by atoms with E-state index in [0.717, 1.165) is 36.9 Å². The van der Waals surface area contributed by atoms with E-state index in [1.54, 1.807) is 0 Å². The lowest BCUT2D eigenvalue weighted by molar-refractivity contribution is 0.126. The van der Waals surface area contributed by atoms with Gasteiger partial charge in [-0.1, -0.05) is 6.07 Å². The SMILES string of the molecule is Cc1ccc(C#N)cc1NC1CCC(O)CC1. The molecule has 90 valence electrons. The van der Waals surface area contributed by atoms with Crippen molar-refractivity contribution < 1.29 is 5.11 Å². The first-order chi connectivity index (χ1) is 8.19. The van der Waals surface area contributed by atoms with Gasteiger partial charge in [0.05, 0.1) is 17.7 Å². The van der Waals surface area contributed by atoms with Crippen LogP contribution in [0.25, 0.3) is 0 Å². The number of rotatable bonds is 2. The van der Waals surface area contributed by atoms with Gasteiger partial charge in [0, 0.05) is 11.7 Å². The number of hydrogen-bond donors (Lipinski definition) is 2. The number of nitrogens with one attached hydrogen (secondary N) is 1. The molecule has 0 bridgehead atoms. The van der Waals surface area contributed by atoms with Crippen molar-refractivity contribution in [2.45, 2.75) is 44.8 Å². The summed E-state index contributed by atoms with van der Waals surface area (Å²) in [5.74, 6) is 0. The largest absolute Gasteiger partial charge is 0.393 e. The molecule has 0 saturated heterocycles. The fraction of sp³-hybridized carbons (Fsp3) is 0.500. The van der Waals surface area contributed by atoms with E-state index in [1.165, 1.54) is 0 Å². The molecule has 1 fully saturated rings. The zero-order valence-corrected chi connectivity index (χ0v) is 10.1. The average Bonchev–Trinajstić information content (AvgIpc) is 2.35. The van der Waals surface area contributed by atoms with E-state index in [0.29, 0.717) is 11.6 Å². The highest BCUT2D eigenvalue weighted by molar-refractivity contribution is 5.55. The van der Waals surface area contributed by atoms with Crippen molar-refractivity contribution in [1.29, 1.82) is 5.26 Å². The van der Waals surface area contributed by atoms with Crippen LogP contribution in [-0.4, -0.2) is 17.3 Å². The van der Waals surface area contributed by atoms with E-state index in [2.05, 4.69) is 11.4 Å². The smallest absolute Gasteiger partial charge is 0.0992 e. The summed E-state index contributed by atoms with van der Waals surface area (Å²) in [7, 11) is 0. The lowest BCUT2D eigenvalue weighted by Gasteiger charge is -2.27. The predicted octanol–water partition coefficient (Wildman–Crippen LogP) is 2.58. The number of anilines is 1. The van der Waals surface area contributed by atoms with E-state index in [1.807, 2.05) is 25.1 Å². The Balaban J connectivity index is 2.05. The number of aliphatic hydroxyl groups excluding tert-OH is 1. The lowest BCUT2D eigenvalue weighted by atomic mass is 9.92. The standard InChI is InChI=1S/C14H18N2O/c1-10-2-3-11(9-15)8-14(10)16-12-4-6-13(17)7-5-12/h2-3,8,12-13,16-17H,4-7H2,1H3. The molecule has 0 amide bonds. The fourth-order valence-corrected chi connectivity index (χ4v) is 2.29. The summed E-state index contributed by atoms with van der Waals surface area (Å²) < 4.78 is 0. The molecular formula is C14H18N2O. The maximum atomic E-state index is 9.46. The molecule has 1 aliphatic rings. The minimum absolute atomic E-state index is 0.125. The third kappa shape index (κ3) is 2.98. The number of aliphatic hydroxyl groups is 1. The highest BCUT2D eigenvalue weighted by Gasteiger charge is 2.19. The van der Waals surface area contributed by atoms with Crippen LogP contribution in [0.15, 0.2) is 18.2 Å². The van der Waals surface area contributed by atoms with Crippen LogP contribution in [0.1, 0.15) is 36.8 Å². The van der Waals surface area contributed by atoms with E-state index in [4.69, 9.17) is 5.26 Å². The Kier molecular flexibility index (Phi) is 3.65. The summed E-state index contributed by atoms with van der Waals surface area (Å²) in [4.78, 5) is 0. The second-order valence-electron chi connectivity index (χ2n) is 4.79. The Morgan fingerprint density at radius 2 is 2.00 bits per heavy atom. The molecule has 3 heteroatoms. The quantitative estimate of drug-likeness (QED) is 0.821. The van der Waals surface area contributed by atoms with Crippen molar-refractivity contribution in [2.75, 3.05) is 5.32 Å². The average molecular weight is 230 g/mol. The van der Waals surface area contributed by atoms with Crippen LogP contribution in [-0.2, 0) is 0 Å². The van der Waals surface area contributed by atoms with Gasteiger partial charge in [-0.2, -0.15) is 5.26 Å². The summed E-state index contributed by atoms with van der Waals surface area (Å²) in [6.07, 6.45) is 3.61. The van der Waals surface area contributed by atoms with Gasteiger partial charge in [-0.05, 0) is 50.3 Å². The van der Waals surface area contributed by atoms with E-state index in [-0.39, 0.29) is 6.10 Å². The number of benzene rings is 1. The summed E-state index contributed by atoms with van der Waals surface area (Å²) in [5.41, 5.74) is 2.90. The van der Waals surface area contributed by atoms with Crippen molar-refractivity contribution in [3.05, 3.63) is 29.3 Å². The van der Waals surface area contributed by atoms with Crippen LogP contribution < -0.4 is 5.32 Å². The Morgan fingerprint density at radius 3 is 2.65 bits per heavy atom. The van der Waals surface area contributed by atoms with Gasteiger partial charge in [0.15, 0.2) is 0 Å². The Hall–Kier alpha value is -1.53. The van der Waals surface area contributed by atoms with Gasteiger partial charge in [0.25, 0.3) is 0 Å². The van der Waals surface area contributed by atoms with Gasteiger partial charge < -0.3 is 10.4 Å². The highest BCUT2D eigenvalue weighted by atomic mass is 16.3. The molecule has 3 nitrogen and oxygen atoms in total. The summed E-state index contributed by atoms with van der Waals surface area (Å²) in [5, 5.41) is 21.8. The highest BCUT2D eigenvalue weighted by Crippen LogP contribution is 2.24. The zero-order chi connectivity index (χ0) is 12.3. The monoisotopic (exact) mass is 230 g/mol. The first-order valence-corrected chi connectivity index (χ1v) is 6.14. The molecule has 0 radical (unpaired) electrons. The summed E-state index contributed by atoms with van der Waals surface area (Å²) in [6.45, 7) is 2.04. The van der Waals surface area contributed by atoms with Crippen molar-refractivity contribution in [1.82, 2.24) is 0 Å². The van der Waals surface area contributed by atoms with Gasteiger partial charge in [-0.25, -0.2) is 0 Å². The molecule has 0 spiro atoms. The molecule has 1 aromatic carbocycles. The summed E-state index contributed by atoms with van der Waals surface area (Å²) in [6, 6.07) is 8.29. The molecular weight excluding hydrogens is 212 g/mol. The molecule has 0 aliphatic heterocycles. The third-order valence-electron chi connectivity index (χ3n) is 3.42. The van der Waals surface area contributed by atoms with Crippen LogP contribution in [0.3, 0.4) is 0 Å². The molecule has 1 saturated carbocycles. The van der Waals surface area contributed by atoms with Gasteiger partial charge >= 0.3 is 0 Å². The van der Waals surface area contributed by atoms with Gasteiger partial charge in [-0.15, -0.1) is 0 Å². The van der Waals surface area contributed by atoms with Crippen LogP contribution >= 0.6 is 0 Å². The molecule has 1 aliphatic carbocycles. The second kappa shape index (κ2) is 5.20. The number of hydrogen-bond acceptors (Lipinski definition) is 3. The first kappa shape index (κ1) is 11.9. The van der Waals surface area contributed by atoms with Crippen molar-refractivity contribution in [3.63, 3.8) is 0 Å². The number of nitrogens with zero attached hydrogens (tertiary/aromatic N) is 1. The first-order valence-electron chi connectivity index (χ1n) is 6.14. The maximum absolute atomic E-state index is 9.46. The van der Waals surface area contributed by atoms with Gasteiger partial charge in [-0.3, -0.25) is 0 Å². The topological polar surface area (TPSA) is 56.0 Å². The minimum atomic E-state index is -0.125. The van der Waals surface area contributed by atoms with Gasteiger partial charge in [0.2, 0.25) is 0 Å². The molecule has 17 heavy (non-hydrogen) atoms. The predicted molar refractivity (Wildman–Crippen MR) is 67.8 cm³/mol. The molecule has 2 N–H and O–H groups in total. The Labute approximate surface area is 102 Å². The Morgan fingerprint density at radius 1 is 1.29 bits per heavy atom. The molecule has 0 heterocycles. The van der Waals surface area contributed by atoms with Crippen LogP contribution in [0.4, 0.5) is 5.69 Å². The summed E-state index contributed by atoms with van der Waals surface area (Å²) >= 11 is 0. The van der Waals surface area contributed by atoms with Crippen LogP contribution in [0.2, 0.25) is 0 Å². The van der Waals surface area contributed by atoms with E-state index < -0.39 is 0 Å². The minimum Gasteiger partial charge on any atom is -0.393 e. The van der Waals surface area contributed by atoms with E-state index in [9.17, 15) is 5.11 Å². The maximum Gasteiger partial charge on any atom is 0.0992 e. The van der Waals surface area contributed by atoms with Crippen LogP contribution in [0, 0.1) is 18.3 Å². The molecule has 0 atom stereocenters. The van der Waals surface area contributed by atoms with E-state index >= 15 is 0 Å². The number of aryl methyl sites for hydroxylation is 1. The Bertz CT molecular complexity index is 428. The molecule has 2 rings (SSSR count).